The van der Waals surface area contributed by atoms with E-state index in [9.17, 15) is 4.79 Å². The third kappa shape index (κ3) is 2.36. The summed E-state index contributed by atoms with van der Waals surface area (Å²) in [4.78, 5) is 11.3. The summed E-state index contributed by atoms with van der Waals surface area (Å²) in [5.41, 5.74) is 5.80. The van der Waals surface area contributed by atoms with Crippen LogP contribution in [0, 0.1) is 5.92 Å². The molecule has 0 aromatic rings. The SMILES string of the molecule is CC1CCN(N2C=CNC(=O)C2)C(CN)C1. The average Bonchev–Trinajstić information content (AvgIpc) is 2.28. The van der Waals surface area contributed by atoms with E-state index in [2.05, 4.69) is 17.2 Å². The van der Waals surface area contributed by atoms with E-state index in [0.29, 0.717) is 19.1 Å². The number of amides is 1. The largest absolute Gasteiger partial charge is 0.330 e. The second-order valence-electron chi connectivity index (χ2n) is 4.66. The van der Waals surface area contributed by atoms with Gasteiger partial charge in [-0.15, -0.1) is 0 Å². The van der Waals surface area contributed by atoms with Crippen molar-refractivity contribution in [2.24, 2.45) is 11.7 Å². The molecule has 1 fully saturated rings. The summed E-state index contributed by atoms with van der Waals surface area (Å²) < 4.78 is 0. The van der Waals surface area contributed by atoms with Crippen molar-refractivity contribution in [2.75, 3.05) is 19.6 Å². The van der Waals surface area contributed by atoms with Crippen LogP contribution in [0.4, 0.5) is 0 Å². The molecule has 1 saturated heterocycles. The maximum Gasteiger partial charge on any atom is 0.245 e. The second kappa shape index (κ2) is 4.84. The molecule has 0 radical (unpaired) electrons. The highest BCUT2D eigenvalue weighted by atomic mass is 16.2. The second-order valence-corrected chi connectivity index (χ2v) is 4.66. The van der Waals surface area contributed by atoms with Crippen LogP contribution >= 0.6 is 0 Å². The first-order valence-corrected chi connectivity index (χ1v) is 5.90. The van der Waals surface area contributed by atoms with Crippen molar-refractivity contribution in [3.8, 4) is 0 Å². The van der Waals surface area contributed by atoms with Gasteiger partial charge in [-0.3, -0.25) is 4.79 Å². The Morgan fingerprint density at radius 2 is 2.44 bits per heavy atom. The van der Waals surface area contributed by atoms with E-state index in [-0.39, 0.29) is 5.91 Å². The molecule has 16 heavy (non-hydrogen) atoms. The van der Waals surface area contributed by atoms with Gasteiger partial charge in [-0.1, -0.05) is 6.92 Å². The van der Waals surface area contributed by atoms with Crippen LogP contribution in [0.5, 0.6) is 0 Å². The monoisotopic (exact) mass is 224 g/mol. The summed E-state index contributed by atoms with van der Waals surface area (Å²) in [7, 11) is 0. The molecule has 3 N–H and O–H groups in total. The summed E-state index contributed by atoms with van der Waals surface area (Å²) in [6.07, 6.45) is 5.89. The molecule has 0 aliphatic carbocycles. The van der Waals surface area contributed by atoms with E-state index in [4.69, 9.17) is 5.73 Å². The van der Waals surface area contributed by atoms with Crippen LogP contribution in [0.1, 0.15) is 19.8 Å². The Balaban J connectivity index is 2.04. The molecule has 2 unspecified atom stereocenters. The number of carbonyl (C=O) groups is 1. The highest BCUT2D eigenvalue weighted by molar-refractivity contribution is 5.79. The summed E-state index contributed by atoms with van der Waals surface area (Å²) >= 11 is 0. The van der Waals surface area contributed by atoms with E-state index in [0.717, 1.165) is 18.9 Å². The third-order valence-electron chi connectivity index (χ3n) is 3.35. The number of hydrogen-bond acceptors (Lipinski definition) is 4. The van der Waals surface area contributed by atoms with Crippen molar-refractivity contribution in [1.29, 1.82) is 0 Å². The molecule has 2 aliphatic heterocycles. The first kappa shape index (κ1) is 11.4. The van der Waals surface area contributed by atoms with Crippen LogP contribution in [0.2, 0.25) is 0 Å². The van der Waals surface area contributed by atoms with E-state index < -0.39 is 0 Å². The first-order valence-electron chi connectivity index (χ1n) is 5.90. The van der Waals surface area contributed by atoms with Crippen LogP contribution in [0.25, 0.3) is 0 Å². The number of hydrazine groups is 1. The first-order chi connectivity index (χ1) is 7.70. The molecule has 0 aromatic carbocycles. The Labute approximate surface area is 96.2 Å². The molecule has 0 bridgehead atoms. The highest BCUT2D eigenvalue weighted by Gasteiger charge is 2.29. The predicted octanol–water partition coefficient (Wildman–Crippen LogP) is -0.136. The Morgan fingerprint density at radius 1 is 1.62 bits per heavy atom. The maximum atomic E-state index is 11.3. The van der Waals surface area contributed by atoms with E-state index in [1.54, 1.807) is 6.20 Å². The van der Waals surface area contributed by atoms with Crippen LogP contribution in [0.3, 0.4) is 0 Å². The Bertz CT molecular complexity index is 292. The third-order valence-corrected chi connectivity index (χ3v) is 3.35. The number of hydrogen-bond donors (Lipinski definition) is 2. The molecular formula is C11H20N4O. The van der Waals surface area contributed by atoms with Crippen molar-refractivity contribution < 1.29 is 4.79 Å². The number of nitrogens with two attached hydrogens (primary N) is 1. The molecule has 5 heteroatoms. The van der Waals surface area contributed by atoms with Crippen LogP contribution < -0.4 is 11.1 Å². The molecule has 0 spiro atoms. The Kier molecular flexibility index (Phi) is 3.46. The average molecular weight is 224 g/mol. The lowest BCUT2D eigenvalue weighted by molar-refractivity contribution is -0.129. The minimum absolute atomic E-state index is 0.0388. The maximum absolute atomic E-state index is 11.3. The minimum Gasteiger partial charge on any atom is -0.330 e. The van der Waals surface area contributed by atoms with Gasteiger partial charge in [0, 0.05) is 31.5 Å². The highest BCUT2D eigenvalue weighted by Crippen LogP contribution is 2.23. The lowest BCUT2D eigenvalue weighted by Gasteiger charge is -2.44. The fourth-order valence-corrected chi connectivity index (χ4v) is 2.43. The fraction of sp³-hybridized carbons (Fsp3) is 0.727. The lowest BCUT2D eigenvalue weighted by atomic mass is 9.93. The number of nitrogens with one attached hydrogen (secondary N) is 1. The van der Waals surface area contributed by atoms with Gasteiger partial charge in [0.15, 0.2) is 0 Å². The molecule has 2 heterocycles. The molecule has 0 saturated carbocycles. The van der Waals surface area contributed by atoms with Gasteiger partial charge in [0.25, 0.3) is 0 Å². The van der Waals surface area contributed by atoms with Gasteiger partial charge in [-0.2, -0.15) is 0 Å². The summed E-state index contributed by atoms with van der Waals surface area (Å²) in [5.74, 6) is 0.768. The van der Waals surface area contributed by atoms with Crippen LogP contribution in [0.15, 0.2) is 12.4 Å². The predicted molar refractivity (Wildman–Crippen MR) is 61.9 cm³/mol. The lowest BCUT2D eigenvalue weighted by Crippen LogP contribution is -2.56. The van der Waals surface area contributed by atoms with Crippen molar-refractivity contribution in [3.63, 3.8) is 0 Å². The van der Waals surface area contributed by atoms with Gasteiger partial charge >= 0.3 is 0 Å². The standard InChI is InChI=1S/C11H20N4O/c1-9-2-4-15(10(6-9)7-12)14-5-3-13-11(16)8-14/h3,5,9-10H,2,4,6-8,12H2,1H3,(H,13,16). The van der Waals surface area contributed by atoms with E-state index in [1.807, 2.05) is 11.2 Å². The van der Waals surface area contributed by atoms with E-state index in [1.165, 1.54) is 6.42 Å². The summed E-state index contributed by atoms with van der Waals surface area (Å²) in [6.45, 7) is 4.30. The van der Waals surface area contributed by atoms with Gasteiger partial charge in [0.2, 0.25) is 5.91 Å². The molecule has 2 atom stereocenters. The molecular weight excluding hydrogens is 204 g/mol. The number of nitrogens with zero attached hydrogens (tertiary/aromatic N) is 2. The zero-order valence-corrected chi connectivity index (χ0v) is 9.72. The molecule has 2 rings (SSSR count). The van der Waals surface area contributed by atoms with Gasteiger partial charge in [0.05, 0.1) is 0 Å². The number of piperidine rings is 1. The minimum atomic E-state index is 0.0388. The fourth-order valence-electron chi connectivity index (χ4n) is 2.43. The molecule has 2 aliphatic rings. The quantitative estimate of drug-likeness (QED) is 0.685. The van der Waals surface area contributed by atoms with E-state index >= 15 is 0 Å². The van der Waals surface area contributed by atoms with Crippen molar-refractivity contribution >= 4 is 5.91 Å². The molecule has 90 valence electrons. The molecule has 1 amide bonds. The van der Waals surface area contributed by atoms with Crippen LogP contribution in [-0.4, -0.2) is 41.6 Å². The topological polar surface area (TPSA) is 61.6 Å². The van der Waals surface area contributed by atoms with Gasteiger partial charge in [-0.05, 0) is 18.8 Å². The zero-order valence-electron chi connectivity index (χ0n) is 9.72. The van der Waals surface area contributed by atoms with Gasteiger partial charge < -0.3 is 16.1 Å². The summed E-state index contributed by atoms with van der Waals surface area (Å²) in [6, 6.07) is 0.360. The normalized spacial score (nSPS) is 31.6. The van der Waals surface area contributed by atoms with Gasteiger partial charge in [0.1, 0.15) is 6.54 Å². The number of rotatable bonds is 2. The smallest absolute Gasteiger partial charge is 0.245 e. The Hall–Kier alpha value is -1.07. The van der Waals surface area contributed by atoms with Crippen molar-refractivity contribution in [3.05, 3.63) is 12.4 Å². The van der Waals surface area contributed by atoms with Crippen molar-refractivity contribution in [2.45, 2.75) is 25.8 Å². The van der Waals surface area contributed by atoms with Gasteiger partial charge in [-0.25, -0.2) is 5.01 Å². The molecule has 5 nitrogen and oxygen atoms in total. The summed E-state index contributed by atoms with van der Waals surface area (Å²) in [5, 5.41) is 6.89. The zero-order chi connectivity index (χ0) is 11.5. The number of carbonyl (C=O) groups excluding carboxylic acids is 1. The van der Waals surface area contributed by atoms with Crippen molar-refractivity contribution in [1.82, 2.24) is 15.3 Å². The van der Waals surface area contributed by atoms with Crippen LogP contribution in [-0.2, 0) is 4.79 Å². The molecule has 0 aromatic heterocycles. The Morgan fingerprint density at radius 3 is 3.12 bits per heavy atom.